The number of pyridine rings is 1. The number of hydrogen-bond donors (Lipinski definition) is 1. The average molecular weight is 434 g/mol. The molecule has 0 atom stereocenters. The monoisotopic (exact) mass is 434 g/mol. The predicted molar refractivity (Wildman–Crippen MR) is 104 cm³/mol. The van der Waals surface area contributed by atoms with E-state index >= 15 is 0 Å². The normalized spacial score (nSPS) is 11.8. The molecule has 0 aliphatic rings. The van der Waals surface area contributed by atoms with Crippen molar-refractivity contribution in [2.24, 2.45) is 12.2 Å². The maximum Gasteiger partial charge on any atom is 0.433 e. The zero-order valence-corrected chi connectivity index (χ0v) is 16.6. The summed E-state index contributed by atoms with van der Waals surface area (Å²) in [5.41, 5.74) is 1.63. The Morgan fingerprint density at radius 2 is 1.87 bits per heavy atom. The van der Waals surface area contributed by atoms with E-state index in [2.05, 4.69) is 21.9 Å². The fraction of sp³-hybridized carbons (Fsp3) is 0.200. The predicted octanol–water partition coefficient (Wildman–Crippen LogP) is 2.67. The van der Waals surface area contributed by atoms with Crippen molar-refractivity contribution in [3.05, 3.63) is 76.9 Å². The van der Waals surface area contributed by atoms with E-state index in [-0.39, 0.29) is 4.90 Å². The Kier molecular flexibility index (Phi) is 5.96. The molecule has 1 aromatic carbocycles. The third-order valence-corrected chi connectivity index (χ3v) is 5.24. The van der Waals surface area contributed by atoms with Crippen LogP contribution < -0.4 is 5.14 Å². The molecule has 0 unspecified atom stereocenters. The van der Waals surface area contributed by atoms with Gasteiger partial charge in [0.15, 0.2) is 0 Å². The summed E-state index contributed by atoms with van der Waals surface area (Å²) < 4.78 is 62.4. The van der Waals surface area contributed by atoms with Crippen molar-refractivity contribution in [3.8, 4) is 11.8 Å². The van der Waals surface area contributed by atoms with Crippen LogP contribution in [0.25, 0.3) is 0 Å². The SMILES string of the molecule is Cn1ncc(C#Cc2cccc(S(N)(=O)=O)c2)c1CCc1ccc(C(F)(F)F)nc1. The van der Waals surface area contributed by atoms with Gasteiger partial charge < -0.3 is 0 Å². The number of hydrogen-bond acceptors (Lipinski definition) is 4. The van der Waals surface area contributed by atoms with Gasteiger partial charge in [0.2, 0.25) is 10.0 Å². The molecule has 0 fully saturated rings. The summed E-state index contributed by atoms with van der Waals surface area (Å²) in [7, 11) is -2.08. The van der Waals surface area contributed by atoms with Crippen LogP contribution >= 0.6 is 0 Å². The lowest BCUT2D eigenvalue weighted by Crippen LogP contribution is -2.11. The van der Waals surface area contributed by atoms with Gasteiger partial charge in [-0.3, -0.25) is 9.67 Å². The number of benzene rings is 1. The van der Waals surface area contributed by atoms with E-state index in [1.54, 1.807) is 30.1 Å². The average Bonchev–Trinajstić information content (AvgIpc) is 3.03. The van der Waals surface area contributed by atoms with Gasteiger partial charge in [-0.1, -0.05) is 24.0 Å². The highest BCUT2D eigenvalue weighted by atomic mass is 32.2. The van der Waals surface area contributed by atoms with Crippen molar-refractivity contribution in [2.75, 3.05) is 0 Å². The Labute approximate surface area is 171 Å². The molecule has 30 heavy (non-hydrogen) atoms. The fourth-order valence-electron chi connectivity index (χ4n) is 2.76. The number of nitrogens with zero attached hydrogens (tertiary/aromatic N) is 3. The van der Waals surface area contributed by atoms with Crippen LogP contribution in [0, 0.1) is 11.8 Å². The van der Waals surface area contributed by atoms with Crippen LogP contribution in [0.4, 0.5) is 13.2 Å². The highest BCUT2D eigenvalue weighted by Gasteiger charge is 2.31. The summed E-state index contributed by atoms with van der Waals surface area (Å²) in [5, 5.41) is 9.31. The van der Waals surface area contributed by atoms with E-state index in [1.807, 2.05) is 0 Å². The van der Waals surface area contributed by atoms with Crippen molar-refractivity contribution in [1.82, 2.24) is 14.8 Å². The van der Waals surface area contributed by atoms with Crippen LogP contribution in [0.1, 0.15) is 28.1 Å². The molecule has 0 bridgehead atoms. The lowest BCUT2D eigenvalue weighted by atomic mass is 10.1. The first-order valence-electron chi connectivity index (χ1n) is 8.72. The van der Waals surface area contributed by atoms with Crippen LogP contribution in [0.2, 0.25) is 0 Å². The lowest BCUT2D eigenvalue weighted by Gasteiger charge is -2.07. The van der Waals surface area contributed by atoms with Crippen LogP contribution in [0.3, 0.4) is 0 Å². The van der Waals surface area contributed by atoms with Crippen molar-refractivity contribution >= 4 is 10.0 Å². The molecule has 10 heteroatoms. The molecular formula is C20H17F3N4O2S. The van der Waals surface area contributed by atoms with Crippen LogP contribution in [0.15, 0.2) is 53.7 Å². The maximum absolute atomic E-state index is 12.6. The molecule has 156 valence electrons. The van der Waals surface area contributed by atoms with E-state index in [0.29, 0.717) is 29.5 Å². The summed E-state index contributed by atoms with van der Waals surface area (Å²) in [6.07, 6.45) is -0.727. The lowest BCUT2D eigenvalue weighted by molar-refractivity contribution is -0.141. The summed E-state index contributed by atoms with van der Waals surface area (Å²) in [6.45, 7) is 0. The molecule has 0 saturated heterocycles. The second kappa shape index (κ2) is 8.30. The van der Waals surface area contributed by atoms with Gasteiger partial charge >= 0.3 is 6.18 Å². The first kappa shape index (κ1) is 21.5. The summed E-state index contributed by atoms with van der Waals surface area (Å²) in [5.74, 6) is 5.85. The molecule has 3 rings (SSSR count). The van der Waals surface area contributed by atoms with Crippen LogP contribution in [-0.4, -0.2) is 23.2 Å². The van der Waals surface area contributed by atoms with Gasteiger partial charge in [-0.2, -0.15) is 18.3 Å². The van der Waals surface area contributed by atoms with Gasteiger partial charge in [0.1, 0.15) is 5.69 Å². The van der Waals surface area contributed by atoms with E-state index in [9.17, 15) is 21.6 Å². The number of aromatic nitrogens is 3. The quantitative estimate of drug-likeness (QED) is 0.640. The molecule has 3 aromatic rings. The van der Waals surface area contributed by atoms with Gasteiger partial charge in [0.05, 0.1) is 22.3 Å². The van der Waals surface area contributed by atoms with Crippen molar-refractivity contribution < 1.29 is 21.6 Å². The number of rotatable bonds is 4. The molecule has 2 N–H and O–H groups in total. The zero-order valence-electron chi connectivity index (χ0n) is 15.8. The minimum atomic E-state index is -4.47. The number of halogens is 3. The van der Waals surface area contributed by atoms with Gasteiger partial charge in [-0.25, -0.2) is 13.6 Å². The van der Waals surface area contributed by atoms with Gasteiger partial charge in [0, 0.05) is 18.8 Å². The Morgan fingerprint density at radius 1 is 1.10 bits per heavy atom. The Balaban J connectivity index is 1.78. The largest absolute Gasteiger partial charge is 0.433 e. The van der Waals surface area contributed by atoms with E-state index in [0.717, 1.165) is 11.8 Å². The molecular weight excluding hydrogens is 417 g/mol. The fourth-order valence-corrected chi connectivity index (χ4v) is 3.32. The standard InChI is InChI=1S/C20H17F3N4O2S/c1-27-18(9-6-15-7-10-19(25-12-15)20(21,22)23)16(13-26-27)8-5-14-3-2-4-17(11-14)30(24,28)29/h2-4,7,10-13H,6,9H2,1H3,(H2,24,28,29). The molecule has 0 saturated carbocycles. The van der Waals surface area contributed by atoms with Crippen LogP contribution in [-0.2, 0) is 36.1 Å². The molecule has 0 aliphatic heterocycles. The molecule has 2 aromatic heterocycles. The first-order chi connectivity index (χ1) is 14.0. The van der Waals surface area contributed by atoms with Gasteiger partial charge in [-0.15, -0.1) is 0 Å². The van der Waals surface area contributed by atoms with Crippen molar-refractivity contribution in [1.29, 1.82) is 0 Å². The second-order valence-electron chi connectivity index (χ2n) is 6.50. The summed E-state index contributed by atoms with van der Waals surface area (Å²) >= 11 is 0. The maximum atomic E-state index is 12.6. The molecule has 0 aliphatic carbocycles. The molecule has 0 spiro atoms. The highest BCUT2D eigenvalue weighted by molar-refractivity contribution is 7.89. The first-order valence-corrected chi connectivity index (χ1v) is 10.3. The number of alkyl halides is 3. The minimum Gasteiger partial charge on any atom is -0.271 e. The number of aryl methyl sites for hydroxylation is 2. The van der Waals surface area contributed by atoms with Crippen LogP contribution in [0.5, 0.6) is 0 Å². The Hall–Kier alpha value is -3.16. The van der Waals surface area contributed by atoms with Gasteiger partial charge in [0.25, 0.3) is 0 Å². The number of sulfonamides is 1. The van der Waals surface area contributed by atoms with E-state index in [1.165, 1.54) is 24.4 Å². The third-order valence-electron chi connectivity index (χ3n) is 4.33. The third kappa shape index (κ3) is 5.25. The van der Waals surface area contributed by atoms with Gasteiger partial charge in [-0.05, 0) is 42.7 Å². The number of nitrogens with two attached hydrogens (primary N) is 1. The molecule has 0 amide bonds. The summed E-state index contributed by atoms with van der Waals surface area (Å²) in [4.78, 5) is 3.43. The Bertz CT molecular complexity index is 1220. The molecule has 0 radical (unpaired) electrons. The van der Waals surface area contributed by atoms with E-state index < -0.39 is 21.9 Å². The summed E-state index contributed by atoms with van der Waals surface area (Å²) in [6, 6.07) is 8.32. The second-order valence-corrected chi connectivity index (χ2v) is 8.06. The number of primary sulfonamides is 1. The molecule has 6 nitrogen and oxygen atoms in total. The highest BCUT2D eigenvalue weighted by Crippen LogP contribution is 2.27. The van der Waals surface area contributed by atoms with E-state index in [4.69, 9.17) is 5.14 Å². The topological polar surface area (TPSA) is 90.9 Å². The zero-order chi connectivity index (χ0) is 21.9. The molecule has 2 heterocycles. The van der Waals surface area contributed by atoms with Crippen molar-refractivity contribution in [2.45, 2.75) is 23.9 Å². The van der Waals surface area contributed by atoms with Crippen molar-refractivity contribution in [3.63, 3.8) is 0 Å². The minimum absolute atomic E-state index is 0.0319. The Morgan fingerprint density at radius 3 is 2.50 bits per heavy atom. The smallest absolute Gasteiger partial charge is 0.271 e.